The van der Waals surface area contributed by atoms with Gasteiger partial charge < -0.3 is 4.52 Å². The molecule has 1 radical (unpaired) electrons. The first-order chi connectivity index (χ1) is 4.36. The molecule has 4 nitrogen and oxygen atoms in total. The molecule has 9 heavy (non-hydrogen) atoms. The Balaban J connectivity index is 2.86. The zero-order valence-corrected chi connectivity index (χ0v) is 4.92. The Kier molecular flexibility index (Phi) is 1.58. The summed E-state index contributed by atoms with van der Waals surface area (Å²) in [5, 5.41) is 3.46. The molecule has 1 rings (SSSR count). The molecular weight excluding hydrogens is 120 g/mol. The number of hydrogen-bond donors (Lipinski definition) is 0. The average molecular weight is 125 g/mol. The SMILES string of the molecule is CCc1noc([C]=O)n1. The van der Waals surface area contributed by atoms with Crippen molar-refractivity contribution in [3.8, 4) is 0 Å². The Morgan fingerprint density at radius 2 is 2.56 bits per heavy atom. The van der Waals surface area contributed by atoms with E-state index in [9.17, 15) is 4.79 Å². The lowest BCUT2D eigenvalue weighted by Crippen LogP contribution is -1.82. The smallest absolute Gasteiger partial charge is 0.302 e. The van der Waals surface area contributed by atoms with Gasteiger partial charge in [-0.05, 0) is 0 Å². The van der Waals surface area contributed by atoms with E-state index in [2.05, 4.69) is 14.7 Å². The van der Waals surface area contributed by atoms with Gasteiger partial charge in [-0.3, -0.25) is 4.79 Å². The maximum absolute atomic E-state index is 9.81. The van der Waals surface area contributed by atoms with Crippen LogP contribution < -0.4 is 0 Å². The second-order valence-electron chi connectivity index (χ2n) is 1.47. The van der Waals surface area contributed by atoms with Gasteiger partial charge in [0.2, 0.25) is 0 Å². The Hall–Kier alpha value is -1.19. The molecule has 0 unspecified atom stereocenters. The third kappa shape index (κ3) is 1.13. The summed E-state index contributed by atoms with van der Waals surface area (Å²) in [4.78, 5) is 13.5. The van der Waals surface area contributed by atoms with Crippen LogP contribution in [0.5, 0.6) is 0 Å². The second-order valence-corrected chi connectivity index (χ2v) is 1.47. The lowest BCUT2D eigenvalue weighted by molar-refractivity contribution is 0.398. The minimum atomic E-state index is -0.0770. The summed E-state index contributed by atoms with van der Waals surface area (Å²) in [5.41, 5.74) is 0. The fourth-order valence-electron chi connectivity index (χ4n) is 0.439. The average Bonchev–Trinajstić information content (AvgIpc) is 2.34. The van der Waals surface area contributed by atoms with E-state index in [-0.39, 0.29) is 5.89 Å². The second kappa shape index (κ2) is 2.39. The molecule has 0 atom stereocenters. The van der Waals surface area contributed by atoms with Crippen molar-refractivity contribution in [3.05, 3.63) is 11.7 Å². The van der Waals surface area contributed by atoms with Crippen LogP contribution in [0.1, 0.15) is 18.6 Å². The van der Waals surface area contributed by atoms with Crippen LogP contribution in [0.15, 0.2) is 4.52 Å². The van der Waals surface area contributed by atoms with Crippen LogP contribution in [-0.2, 0) is 11.2 Å². The highest BCUT2D eigenvalue weighted by Gasteiger charge is 2.01. The van der Waals surface area contributed by atoms with Crippen molar-refractivity contribution >= 4 is 6.29 Å². The van der Waals surface area contributed by atoms with Crippen LogP contribution in [0.25, 0.3) is 0 Å². The summed E-state index contributed by atoms with van der Waals surface area (Å²) in [6.07, 6.45) is 2.16. The van der Waals surface area contributed by atoms with Gasteiger partial charge in [0.15, 0.2) is 5.82 Å². The van der Waals surface area contributed by atoms with E-state index in [4.69, 9.17) is 0 Å². The fraction of sp³-hybridized carbons (Fsp3) is 0.400. The normalized spacial score (nSPS) is 9.44. The van der Waals surface area contributed by atoms with Gasteiger partial charge in [-0.25, -0.2) is 0 Å². The zero-order valence-electron chi connectivity index (χ0n) is 4.92. The van der Waals surface area contributed by atoms with Crippen molar-refractivity contribution in [2.24, 2.45) is 0 Å². The molecule has 4 heteroatoms. The molecule has 0 N–H and O–H groups in total. The van der Waals surface area contributed by atoms with E-state index in [0.29, 0.717) is 12.2 Å². The highest BCUT2D eigenvalue weighted by molar-refractivity contribution is 5.67. The van der Waals surface area contributed by atoms with Crippen molar-refractivity contribution in [3.63, 3.8) is 0 Å². The molecule has 0 aromatic carbocycles. The molecule has 0 fully saturated rings. The molecular formula is C5H5N2O2. The number of nitrogens with zero attached hydrogens (tertiary/aromatic N) is 2. The summed E-state index contributed by atoms with van der Waals surface area (Å²) in [5.74, 6) is 0.459. The summed E-state index contributed by atoms with van der Waals surface area (Å²) in [6.45, 7) is 1.87. The number of carbonyl (C=O) groups excluding carboxylic acids is 1. The van der Waals surface area contributed by atoms with Crippen molar-refractivity contribution in [2.75, 3.05) is 0 Å². The van der Waals surface area contributed by atoms with Crippen molar-refractivity contribution in [1.29, 1.82) is 0 Å². The van der Waals surface area contributed by atoms with E-state index < -0.39 is 0 Å². The lowest BCUT2D eigenvalue weighted by Gasteiger charge is -1.73. The van der Waals surface area contributed by atoms with Gasteiger partial charge in [-0.15, -0.1) is 0 Å². The Morgan fingerprint density at radius 3 is 2.89 bits per heavy atom. The standard InChI is InChI=1S/C5H5N2O2/c1-2-4-6-5(3-8)9-7-4/h2H2,1H3. The van der Waals surface area contributed by atoms with E-state index in [1.807, 2.05) is 6.92 Å². The predicted molar refractivity (Wildman–Crippen MR) is 28.5 cm³/mol. The van der Waals surface area contributed by atoms with Gasteiger partial charge in [0, 0.05) is 6.42 Å². The number of rotatable bonds is 2. The third-order valence-corrected chi connectivity index (χ3v) is 0.872. The molecule has 0 saturated heterocycles. The molecule has 0 bridgehead atoms. The Morgan fingerprint density at radius 1 is 1.78 bits per heavy atom. The Bertz CT molecular complexity index is 206. The zero-order chi connectivity index (χ0) is 6.69. The quantitative estimate of drug-likeness (QED) is 0.562. The molecule has 1 heterocycles. The van der Waals surface area contributed by atoms with Gasteiger partial charge in [-0.2, -0.15) is 4.98 Å². The molecule has 0 spiro atoms. The minimum Gasteiger partial charge on any atom is -0.330 e. The van der Waals surface area contributed by atoms with Crippen molar-refractivity contribution < 1.29 is 9.32 Å². The number of hydrogen-bond acceptors (Lipinski definition) is 4. The highest BCUT2D eigenvalue weighted by atomic mass is 16.5. The number of aromatic nitrogens is 2. The van der Waals surface area contributed by atoms with Crippen LogP contribution in [0, 0.1) is 0 Å². The summed E-state index contributed by atoms with van der Waals surface area (Å²) in [7, 11) is 0. The minimum absolute atomic E-state index is 0.0770. The molecule has 1 aromatic heterocycles. The van der Waals surface area contributed by atoms with Crippen LogP contribution in [-0.4, -0.2) is 16.4 Å². The summed E-state index contributed by atoms with van der Waals surface area (Å²) >= 11 is 0. The molecule has 47 valence electrons. The first-order valence-electron chi connectivity index (χ1n) is 2.57. The van der Waals surface area contributed by atoms with Gasteiger partial charge in [0.1, 0.15) is 0 Å². The number of aryl methyl sites for hydroxylation is 1. The van der Waals surface area contributed by atoms with E-state index in [1.165, 1.54) is 6.29 Å². The van der Waals surface area contributed by atoms with Crippen molar-refractivity contribution in [2.45, 2.75) is 13.3 Å². The lowest BCUT2D eigenvalue weighted by atomic mass is 10.5. The predicted octanol–water partition coefficient (Wildman–Crippen LogP) is 0.0898. The Labute approximate surface area is 51.9 Å². The van der Waals surface area contributed by atoms with Gasteiger partial charge in [0.05, 0.1) is 0 Å². The van der Waals surface area contributed by atoms with E-state index >= 15 is 0 Å². The molecule has 0 saturated carbocycles. The van der Waals surface area contributed by atoms with Gasteiger partial charge in [0.25, 0.3) is 6.29 Å². The monoisotopic (exact) mass is 125 g/mol. The molecule has 0 amide bonds. The van der Waals surface area contributed by atoms with Gasteiger partial charge in [-0.1, -0.05) is 12.1 Å². The third-order valence-electron chi connectivity index (χ3n) is 0.872. The van der Waals surface area contributed by atoms with E-state index in [0.717, 1.165) is 0 Å². The maximum Gasteiger partial charge on any atom is 0.302 e. The molecule has 0 aliphatic rings. The fourth-order valence-corrected chi connectivity index (χ4v) is 0.439. The largest absolute Gasteiger partial charge is 0.330 e. The first kappa shape index (κ1) is 5.94. The van der Waals surface area contributed by atoms with Crippen LogP contribution in [0.3, 0.4) is 0 Å². The van der Waals surface area contributed by atoms with Gasteiger partial charge >= 0.3 is 5.89 Å². The highest BCUT2D eigenvalue weighted by Crippen LogP contribution is 1.92. The first-order valence-corrected chi connectivity index (χ1v) is 2.57. The van der Waals surface area contributed by atoms with Crippen molar-refractivity contribution in [1.82, 2.24) is 10.1 Å². The summed E-state index contributed by atoms with van der Waals surface area (Å²) < 4.78 is 4.42. The topological polar surface area (TPSA) is 56.0 Å². The molecule has 0 aliphatic heterocycles. The van der Waals surface area contributed by atoms with Crippen LogP contribution in [0.4, 0.5) is 0 Å². The van der Waals surface area contributed by atoms with Crippen LogP contribution in [0.2, 0.25) is 0 Å². The van der Waals surface area contributed by atoms with E-state index in [1.54, 1.807) is 0 Å². The molecule has 0 aliphatic carbocycles. The van der Waals surface area contributed by atoms with Crippen LogP contribution >= 0.6 is 0 Å². The maximum atomic E-state index is 9.81. The molecule has 1 aromatic rings. The summed E-state index contributed by atoms with van der Waals surface area (Å²) in [6, 6.07) is 0.